The van der Waals surface area contributed by atoms with E-state index in [4.69, 9.17) is 36.3 Å². The van der Waals surface area contributed by atoms with Crippen LogP contribution in [0.2, 0.25) is 0 Å². The Morgan fingerprint density at radius 2 is 0.698 bits per heavy atom. The van der Waals surface area contributed by atoms with Crippen LogP contribution in [0.25, 0.3) is 164 Å². The Balaban J connectivity index is 1.06. The van der Waals surface area contributed by atoms with E-state index < -0.39 is 0 Å². The maximum absolute atomic E-state index is 10.6. The summed E-state index contributed by atoms with van der Waals surface area (Å²) in [5.74, 6) is 0.457. The fourth-order valence-corrected chi connectivity index (χ4v) is 13.2. The van der Waals surface area contributed by atoms with Crippen LogP contribution >= 0.6 is 0 Å². The molecule has 0 amide bonds. The molecule has 0 bridgehead atoms. The molecule has 0 radical (unpaired) electrons. The Kier molecular flexibility index (Phi) is 14.3. The van der Waals surface area contributed by atoms with Crippen LogP contribution in [0.1, 0.15) is 22.3 Å². The van der Waals surface area contributed by atoms with Crippen molar-refractivity contribution in [2.45, 2.75) is 0 Å². The molecule has 12 nitrogen and oxygen atoms in total. The molecule has 0 unspecified atom stereocenters. The zero-order valence-electron chi connectivity index (χ0n) is 50.6. The van der Waals surface area contributed by atoms with Crippen molar-refractivity contribution in [1.82, 2.24) is 19.1 Å². The van der Waals surface area contributed by atoms with Crippen LogP contribution < -0.4 is 0 Å². The second-order valence-corrected chi connectivity index (χ2v) is 22.8. The smallest absolute Gasteiger partial charge is 0.196 e. The van der Waals surface area contributed by atoms with E-state index in [2.05, 4.69) is 126 Å². The van der Waals surface area contributed by atoms with Gasteiger partial charge in [0.05, 0.1) is 95.4 Å². The summed E-state index contributed by atoms with van der Waals surface area (Å²) in [6.07, 6.45) is 0. The van der Waals surface area contributed by atoms with Gasteiger partial charge in [-0.3, -0.25) is 0 Å². The summed E-state index contributed by atoms with van der Waals surface area (Å²) in [5, 5.41) is 44.2. The molecular formula is C84H42N12. The van der Waals surface area contributed by atoms with Gasteiger partial charge in [0, 0.05) is 71.6 Å². The molecule has 0 atom stereocenters. The maximum Gasteiger partial charge on any atom is 0.196 e. The molecule has 0 aliphatic rings. The molecule has 0 saturated carbocycles. The normalized spacial score (nSPS) is 10.8. The lowest BCUT2D eigenvalue weighted by atomic mass is 9.94. The number of aromatic nitrogens is 4. The Labute approximate surface area is 551 Å². The third kappa shape index (κ3) is 9.82. The zero-order valence-corrected chi connectivity index (χ0v) is 50.6. The minimum Gasteiger partial charge on any atom is -0.309 e. The Morgan fingerprint density at radius 3 is 1.12 bits per heavy atom. The van der Waals surface area contributed by atoms with Gasteiger partial charge in [0.1, 0.15) is 0 Å². The quantitative estimate of drug-likeness (QED) is 0.125. The van der Waals surface area contributed by atoms with Crippen molar-refractivity contribution in [2.24, 2.45) is 0 Å². The van der Waals surface area contributed by atoms with Gasteiger partial charge in [-0.2, -0.15) is 21.0 Å². The molecule has 3 aromatic heterocycles. The lowest BCUT2D eigenvalue weighted by molar-refractivity contribution is 1.15. The number of benzene rings is 12. The molecule has 12 heteroatoms. The number of hydrogen-bond donors (Lipinski definition) is 0. The molecule has 15 rings (SSSR count). The van der Waals surface area contributed by atoms with E-state index in [9.17, 15) is 21.0 Å². The Bertz CT molecular complexity index is 5870. The highest BCUT2D eigenvalue weighted by Gasteiger charge is 2.27. The number of fused-ring (bicyclic) bond motifs is 6. The summed E-state index contributed by atoms with van der Waals surface area (Å²) in [4.78, 5) is 26.0. The van der Waals surface area contributed by atoms with E-state index in [0.29, 0.717) is 90.0 Å². The molecule has 0 N–H and O–H groups in total. The molecule has 0 fully saturated rings. The zero-order chi connectivity index (χ0) is 65.6. The molecule has 0 aliphatic heterocycles. The predicted molar refractivity (Wildman–Crippen MR) is 378 cm³/mol. The fourth-order valence-electron chi connectivity index (χ4n) is 13.2. The van der Waals surface area contributed by atoms with Crippen molar-refractivity contribution in [3.8, 4) is 125 Å². The fraction of sp³-hybridized carbons (Fsp3) is 0. The molecule has 15 aromatic rings. The first kappa shape index (κ1) is 57.7. The molecule has 0 spiro atoms. The van der Waals surface area contributed by atoms with Crippen LogP contribution in [0.5, 0.6) is 0 Å². The standard InChI is InChI=1S/C84H42N12/c1-89-61-28-32-63(59(40-61)49-87)55-24-34-78-69(42-55)71-44-57(65-30-22-51(47-85)38-75(65)91-3)26-36-79(71)95(78)77-20-12-11-18-67(77)83-68(84-93-73(53-14-7-5-8-15-53)46-74(94-84)54-16-9-6-10-17-54)19-13-21-82(83)96-80-35-25-56(64-33-29-62(90-2)41-60(64)50-88)43-70(80)72-45-58(27-37-81(72)96)66-31-23-52(48-86)39-76(66)92-4/h5-46H. The third-order valence-corrected chi connectivity index (χ3v) is 17.6. The molecule has 3 heterocycles. The van der Waals surface area contributed by atoms with Gasteiger partial charge in [-0.1, -0.05) is 152 Å². The van der Waals surface area contributed by atoms with E-state index in [1.165, 1.54) is 0 Å². The summed E-state index contributed by atoms with van der Waals surface area (Å²) >= 11 is 0. The van der Waals surface area contributed by atoms with E-state index in [1.54, 1.807) is 48.5 Å². The van der Waals surface area contributed by atoms with E-state index >= 15 is 0 Å². The van der Waals surface area contributed by atoms with Crippen LogP contribution in [-0.4, -0.2) is 19.1 Å². The average molecular weight is 1220 g/mol. The molecule has 438 valence electrons. The minimum absolute atomic E-state index is 0.331. The number of rotatable bonds is 10. The van der Waals surface area contributed by atoms with Crippen molar-refractivity contribution in [2.75, 3.05) is 0 Å². The molecule has 0 aliphatic carbocycles. The van der Waals surface area contributed by atoms with Gasteiger partial charge in [0.15, 0.2) is 28.6 Å². The topological polar surface area (TPSA) is 148 Å². The van der Waals surface area contributed by atoms with Crippen molar-refractivity contribution in [1.29, 1.82) is 21.0 Å². The number of para-hydroxylation sites is 1. The summed E-state index contributed by atoms with van der Waals surface area (Å²) < 4.78 is 4.49. The second-order valence-electron chi connectivity index (χ2n) is 22.8. The van der Waals surface area contributed by atoms with Gasteiger partial charge < -0.3 is 9.13 Å². The van der Waals surface area contributed by atoms with Gasteiger partial charge in [0.2, 0.25) is 0 Å². The highest BCUT2D eigenvalue weighted by atomic mass is 15.0. The second kappa shape index (κ2) is 23.9. The van der Waals surface area contributed by atoms with Gasteiger partial charge in [-0.25, -0.2) is 29.3 Å². The lowest BCUT2D eigenvalue weighted by Crippen LogP contribution is -2.05. The van der Waals surface area contributed by atoms with Crippen LogP contribution in [-0.2, 0) is 0 Å². The van der Waals surface area contributed by atoms with Crippen LogP contribution in [0.4, 0.5) is 22.7 Å². The van der Waals surface area contributed by atoms with Gasteiger partial charge >= 0.3 is 0 Å². The van der Waals surface area contributed by atoms with Crippen LogP contribution in [0.3, 0.4) is 0 Å². The summed E-state index contributed by atoms with van der Waals surface area (Å²) in [5.41, 5.74) is 18.8. The first-order valence-corrected chi connectivity index (χ1v) is 30.3. The van der Waals surface area contributed by atoms with Gasteiger partial charge in [0.25, 0.3) is 0 Å². The van der Waals surface area contributed by atoms with Crippen LogP contribution in [0, 0.1) is 71.6 Å². The maximum atomic E-state index is 10.6. The lowest BCUT2D eigenvalue weighted by Gasteiger charge is -2.22. The number of hydrogen-bond acceptors (Lipinski definition) is 6. The Morgan fingerprint density at radius 1 is 0.302 bits per heavy atom. The van der Waals surface area contributed by atoms with E-state index in [-0.39, 0.29) is 0 Å². The first-order valence-electron chi connectivity index (χ1n) is 30.3. The number of nitrogens with zero attached hydrogens (tertiary/aromatic N) is 12. The predicted octanol–water partition coefficient (Wildman–Crippen LogP) is 21.7. The molecule has 12 aromatic carbocycles. The summed E-state index contributed by atoms with van der Waals surface area (Å²) in [6.45, 7) is 32.0. The van der Waals surface area contributed by atoms with Gasteiger partial charge in [-0.05, 0) is 148 Å². The molecule has 96 heavy (non-hydrogen) atoms. The van der Waals surface area contributed by atoms with E-state index in [0.717, 1.165) is 99.5 Å². The first-order chi connectivity index (χ1) is 47.2. The average Bonchev–Trinajstić information content (AvgIpc) is 1.54. The SMILES string of the molecule is [C-]#[N+]c1ccc(-c2ccc3c(c2)c2cc(-c4ccc(C#N)cc4[N+]#[C-])ccc2n3-c2ccccc2-c2c(-c3nc(-c4ccccc4)cc(-c4ccccc4)n3)cccc2-n2c3ccc(-c4ccc([N+]#[C-])cc4C#N)cc3c3cc(-c4ccc(C#N)cc4[N+]#[C-])ccc32)c(C#N)c1. The van der Waals surface area contributed by atoms with Crippen molar-refractivity contribution >= 4 is 66.4 Å². The Hall–Kier alpha value is -14.8. The van der Waals surface area contributed by atoms with Crippen LogP contribution in [0.15, 0.2) is 255 Å². The molecule has 0 saturated heterocycles. The molecular weight excluding hydrogens is 1180 g/mol. The van der Waals surface area contributed by atoms with Gasteiger partial charge in [-0.15, -0.1) is 0 Å². The van der Waals surface area contributed by atoms with Crippen molar-refractivity contribution in [3.63, 3.8) is 0 Å². The van der Waals surface area contributed by atoms with Crippen molar-refractivity contribution in [3.05, 3.63) is 323 Å². The summed E-state index contributed by atoms with van der Waals surface area (Å²) in [6, 6.07) is 90.7. The van der Waals surface area contributed by atoms with E-state index in [1.807, 2.05) is 133 Å². The highest BCUT2D eigenvalue weighted by Crippen LogP contribution is 2.48. The monoisotopic (exact) mass is 1220 g/mol. The van der Waals surface area contributed by atoms with Crippen molar-refractivity contribution < 1.29 is 0 Å². The highest BCUT2D eigenvalue weighted by molar-refractivity contribution is 6.15. The summed E-state index contributed by atoms with van der Waals surface area (Å²) in [7, 11) is 0. The third-order valence-electron chi connectivity index (χ3n) is 17.6. The largest absolute Gasteiger partial charge is 0.309 e. The minimum atomic E-state index is 0.331. The number of nitriles is 4.